The van der Waals surface area contributed by atoms with Crippen molar-refractivity contribution in [1.82, 2.24) is 19.8 Å². The van der Waals surface area contributed by atoms with Crippen LogP contribution in [0.25, 0.3) is 5.69 Å². The number of pyridine rings is 1. The summed E-state index contributed by atoms with van der Waals surface area (Å²) < 4.78 is 7.86. The summed E-state index contributed by atoms with van der Waals surface area (Å²) in [7, 11) is 0. The van der Waals surface area contributed by atoms with Gasteiger partial charge in [-0.2, -0.15) is 0 Å². The number of nitrogens with one attached hydrogen (secondary N) is 1. The van der Waals surface area contributed by atoms with Crippen molar-refractivity contribution in [2.24, 2.45) is 0 Å². The highest BCUT2D eigenvalue weighted by atomic mass is 32.1. The third kappa shape index (κ3) is 4.18. The summed E-state index contributed by atoms with van der Waals surface area (Å²) in [5, 5.41) is 4.37. The predicted octanol–water partition coefficient (Wildman–Crippen LogP) is 4.71. The maximum atomic E-state index is 5.78. The van der Waals surface area contributed by atoms with E-state index in [0.29, 0.717) is 0 Å². The molecule has 0 spiro atoms. The number of aromatic nitrogens is 2. The van der Waals surface area contributed by atoms with Gasteiger partial charge in [-0.15, -0.1) is 0 Å². The van der Waals surface area contributed by atoms with Crippen LogP contribution < -0.4 is 10.2 Å². The van der Waals surface area contributed by atoms with Crippen molar-refractivity contribution in [1.29, 1.82) is 0 Å². The summed E-state index contributed by atoms with van der Waals surface area (Å²) in [4.78, 5) is 9.39. The number of nitrogens with zero attached hydrogens (tertiary/aromatic N) is 4. The Morgan fingerprint density at radius 2 is 1.79 bits per heavy atom. The number of aryl methyl sites for hydroxylation is 1. The summed E-state index contributed by atoms with van der Waals surface area (Å²) in [6.45, 7) is 11.0. The van der Waals surface area contributed by atoms with E-state index in [1.807, 2.05) is 18.3 Å². The van der Waals surface area contributed by atoms with Gasteiger partial charge >= 0.3 is 0 Å². The summed E-state index contributed by atoms with van der Waals surface area (Å²) >= 11 is 5.78. The summed E-state index contributed by atoms with van der Waals surface area (Å²) in [5.74, 6) is 0. The monoisotopic (exact) mass is 475 g/mol. The fourth-order valence-electron chi connectivity index (χ4n) is 5.34. The van der Waals surface area contributed by atoms with Gasteiger partial charge in [0.15, 0.2) is 5.11 Å². The van der Waals surface area contributed by atoms with Crippen LogP contribution in [0.3, 0.4) is 0 Å². The molecule has 0 amide bonds. The van der Waals surface area contributed by atoms with E-state index in [1.165, 1.54) is 28.3 Å². The molecule has 2 saturated heterocycles. The zero-order valence-electron chi connectivity index (χ0n) is 20.2. The molecule has 178 valence electrons. The van der Waals surface area contributed by atoms with E-state index in [4.69, 9.17) is 17.0 Å². The third-order valence-corrected chi connectivity index (χ3v) is 7.29. The van der Waals surface area contributed by atoms with Crippen LogP contribution in [0.4, 0.5) is 5.69 Å². The molecular formula is C27H33N5OS. The molecule has 3 aromatic rings. The average molecular weight is 476 g/mol. The number of ether oxygens (including phenoxy) is 1. The Kier molecular flexibility index (Phi) is 6.57. The molecule has 6 nitrogen and oxygen atoms in total. The largest absolute Gasteiger partial charge is 0.378 e. The third-order valence-electron chi connectivity index (χ3n) is 6.94. The minimum atomic E-state index is 0.0258. The number of rotatable bonds is 6. The molecule has 2 aromatic heterocycles. The van der Waals surface area contributed by atoms with Gasteiger partial charge < -0.3 is 24.4 Å². The highest BCUT2D eigenvalue weighted by Gasteiger charge is 2.40. The number of thiocarbonyl (C=S) groups is 1. The van der Waals surface area contributed by atoms with E-state index in [2.05, 4.69) is 81.8 Å². The Bertz CT molecular complexity index is 1140. The molecule has 1 N–H and O–H groups in total. The van der Waals surface area contributed by atoms with E-state index in [1.54, 1.807) is 0 Å². The van der Waals surface area contributed by atoms with Crippen molar-refractivity contribution in [3.05, 3.63) is 77.4 Å². The number of morpholine rings is 1. The number of hydrogen-bond acceptors (Lipinski definition) is 4. The fraction of sp³-hybridized carbons (Fsp3) is 0.407. The van der Waals surface area contributed by atoms with Gasteiger partial charge in [-0.1, -0.05) is 13.0 Å². The van der Waals surface area contributed by atoms with Gasteiger partial charge in [0.05, 0.1) is 31.0 Å². The lowest BCUT2D eigenvalue weighted by atomic mass is 9.96. The van der Waals surface area contributed by atoms with Crippen molar-refractivity contribution in [2.75, 3.05) is 37.7 Å². The second kappa shape index (κ2) is 9.76. The van der Waals surface area contributed by atoms with Crippen LogP contribution in [0.2, 0.25) is 0 Å². The minimum absolute atomic E-state index is 0.0258. The first-order valence-corrected chi connectivity index (χ1v) is 12.6. The molecule has 0 radical (unpaired) electrons. The van der Waals surface area contributed by atoms with Crippen molar-refractivity contribution in [3.63, 3.8) is 0 Å². The first-order valence-electron chi connectivity index (χ1n) is 12.2. The maximum absolute atomic E-state index is 5.78. The lowest BCUT2D eigenvalue weighted by molar-refractivity contribution is 0.122. The molecule has 4 heterocycles. The number of benzene rings is 1. The molecule has 2 aliphatic rings. The molecular weight excluding hydrogens is 442 g/mol. The molecule has 2 atom stereocenters. The molecule has 34 heavy (non-hydrogen) atoms. The summed E-state index contributed by atoms with van der Waals surface area (Å²) in [5.41, 5.74) is 7.22. The molecule has 5 rings (SSSR count). The molecule has 0 aliphatic carbocycles. The van der Waals surface area contributed by atoms with E-state index in [9.17, 15) is 0 Å². The van der Waals surface area contributed by atoms with Gasteiger partial charge in [-0.3, -0.25) is 4.98 Å². The zero-order chi connectivity index (χ0) is 23.7. The van der Waals surface area contributed by atoms with Gasteiger partial charge in [0, 0.05) is 48.6 Å². The quantitative estimate of drug-likeness (QED) is 0.521. The van der Waals surface area contributed by atoms with E-state index in [0.717, 1.165) is 50.1 Å². The van der Waals surface area contributed by atoms with Gasteiger partial charge in [0.2, 0.25) is 0 Å². The Balaban J connectivity index is 1.51. The fourth-order valence-corrected chi connectivity index (χ4v) is 5.68. The van der Waals surface area contributed by atoms with Crippen LogP contribution in [0, 0.1) is 13.8 Å². The lowest BCUT2D eigenvalue weighted by Crippen LogP contribution is -2.36. The zero-order valence-corrected chi connectivity index (χ0v) is 21.0. The molecule has 2 fully saturated rings. The van der Waals surface area contributed by atoms with Crippen LogP contribution in [0.1, 0.15) is 48.1 Å². The Morgan fingerprint density at radius 1 is 1.06 bits per heavy atom. The second-order valence-electron chi connectivity index (χ2n) is 9.10. The molecule has 0 bridgehead atoms. The van der Waals surface area contributed by atoms with Gasteiger partial charge in [-0.25, -0.2) is 0 Å². The van der Waals surface area contributed by atoms with Gasteiger partial charge in [0.25, 0.3) is 0 Å². The highest BCUT2D eigenvalue weighted by Crippen LogP contribution is 2.41. The summed E-state index contributed by atoms with van der Waals surface area (Å²) in [6, 6.07) is 17.5. The van der Waals surface area contributed by atoms with Gasteiger partial charge in [0.1, 0.15) is 0 Å². The molecule has 2 aliphatic heterocycles. The molecule has 0 unspecified atom stereocenters. The molecule has 1 aromatic carbocycles. The van der Waals surface area contributed by atoms with Crippen molar-refractivity contribution in [2.45, 2.75) is 39.3 Å². The average Bonchev–Trinajstić information content (AvgIpc) is 3.35. The molecule has 7 heteroatoms. The van der Waals surface area contributed by atoms with Crippen molar-refractivity contribution in [3.8, 4) is 5.69 Å². The Labute approximate surface area is 207 Å². The Hall–Kier alpha value is -2.90. The van der Waals surface area contributed by atoms with Crippen LogP contribution in [0.5, 0.6) is 0 Å². The van der Waals surface area contributed by atoms with Crippen molar-refractivity contribution < 1.29 is 4.74 Å². The normalized spacial score (nSPS) is 20.6. The van der Waals surface area contributed by atoms with E-state index >= 15 is 0 Å². The summed E-state index contributed by atoms with van der Waals surface area (Å²) in [6.07, 6.45) is 2.90. The number of hydrogen-bond donors (Lipinski definition) is 1. The van der Waals surface area contributed by atoms with Crippen molar-refractivity contribution >= 4 is 23.0 Å². The Morgan fingerprint density at radius 3 is 2.47 bits per heavy atom. The smallest absolute Gasteiger partial charge is 0.170 e. The van der Waals surface area contributed by atoms with Crippen LogP contribution in [-0.2, 0) is 4.74 Å². The number of anilines is 1. The standard InChI is InChI=1S/C27H33N5OS/c1-4-13-31-26(25(29-27(31)34)24-7-5-6-12-28-24)23-18-19(2)32(20(23)3)22-10-8-21(9-11-22)30-14-16-33-17-15-30/h5-12,18,25-26H,4,13-17H2,1-3H3,(H,29,34)/t25-,26-/m0/s1. The lowest BCUT2D eigenvalue weighted by Gasteiger charge is -2.29. The molecule has 0 saturated carbocycles. The van der Waals surface area contributed by atoms with E-state index < -0.39 is 0 Å². The second-order valence-corrected chi connectivity index (χ2v) is 9.48. The maximum Gasteiger partial charge on any atom is 0.170 e. The SMILES string of the molecule is CCCN1C(=S)N[C@@H](c2ccccn2)[C@@H]1c1cc(C)n(-c2ccc(N3CCOCC3)cc2)c1C. The predicted molar refractivity (Wildman–Crippen MR) is 141 cm³/mol. The minimum Gasteiger partial charge on any atom is -0.378 e. The van der Waals surface area contributed by atoms with E-state index in [-0.39, 0.29) is 12.1 Å². The van der Waals surface area contributed by atoms with Crippen LogP contribution in [0.15, 0.2) is 54.7 Å². The first-order chi connectivity index (χ1) is 16.6. The van der Waals surface area contributed by atoms with Gasteiger partial charge in [-0.05, 0) is 80.5 Å². The first kappa shape index (κ1) is 22.9. The topological polar surface area (TPSA) is 45.6 Å². The van der Waals surface area contributed by atoms with Crippen LogP contribution >= 0.6 is 12.2 Å². The van der Waals surface area contributed by atoms with Crippen LogP contribution in [-0.4, -0.2) is 52.4 Å². The highest BCUT2D eigenvalue weighted by molar-refractivity contribution is 7.80.